The van der Waals surface area contributed by atoms with Gasteiger partial charge in [0.15, 0.2) is 23.9 Å². The summed E-state index contributed by atoms with van der Waals surface area (Å²) in [5.74, 6) is -7.28. The fourth-order valence-electron chi connectivity index (χ4n) is 10.7. The van der Waals surface area contributed by atoms with Crippen LogP contribution in [0.3, 0.4) is 0 Å². The molecule has 4 N–H and O–H groups in total. The maximum Gasteiger partial charge on any atom is 0.302 e. The molecule has 6 aliphatic heterocycles. The number of carbonyl (C=O) groups excluding carboxylic acids is 2. The SMILES string of the molecule is N#Cc1cc(-c2ncnc(Nc3ccc(N4CCN(C5COC5)CC4)cc3)n2)ccc1O[C@@H]1CN(C(=O)CO)CC1(F)F.N#Cc1cc(-c2ncnc(Nc3ccc(N4CCN(C5COC5)CC4)cc3)n2)ccc1O[C@H]1CN(C(=O)CO)CC1(F)F. The number of anilines is 6. The first-order valence-electron chi connectivity index (χ1n) is 27.9. The van der Waals surface area contributed by atoms with Crippen molar-refractivity contribution in [3.63, 3.8) is 0 Å². The molecule has 2 aromatic heterocycles. The highest BCUT2D eigenvalue weighted by Gasteiger charge is 2.52. The van der Waals surface area contributed by atoms with Crippen molar-refractivity contribution in [2.45, 2.75) is 36.1 Å². The summed E-state index contributed by atoms with van der Waals surface area (Å²) in [6.45, 7) is 6.91. The zero-order valence-corrected chi connectivity index (χ0v) is 46.4. The first kappa shape index (κ1) is 58.9. The fraction of sp³-hybridized carbons (Fsp3) is 0.414. The molecule has 24 nitrogen and oxygen atoms in total. The normalized spacial score (nSPS) is 20.4. The monoisotopic (exact) mass is 1180 g/mol. The van der Waals surface area contributed by atoms with Gasteiger partial charge >= 0.3 is 11.8 Å². The van der Waals surface area contributed by atoms with E-state index >= 15 is 0 Å². The molecule has 2 atom stereocenters. The minimum Gasteiger partial charge on any atom is -0.481 e. The van der Waals surface area contributed by atoms with Gasteiger partial charge in [0.1, 0.15) is 49.5 Å². The second-order valence-electron chi connectivity index (χ2n) is 21.3. The minimum absolute atomic E-state index is 0.00704. The van der Waals surface area contributed by atoms with Crippen LogP contribution in [-0.2, 0) is 19.1 Å². The topological polar surface area (TPSA) is 280 Å². The lowest BCUT2D eigenvalue weighted by molar-refractivity contribution is -0.135. The van der Waals surface area contributed by atoms with Crippen LogP contribution in [-0.4, -0.2) is 226 Å². The number of aliphatic hydroxyl groups excluding tert-OH is 2. The van der Waals surface area contributed by atoms with E-state index in [1.165, 1.54) is 36.9 Å². The summed E-state index contributed by atoms with van der Waals surface area (Å²) in [6, 6.07) is 29.9. The predicted octanol–water partition coefficient (Wildman–Crippen LogP) is 3.78. The zero-order valence-electron chi connectivity index (χ0n) is 46.4. The van der Waals surface area contributed by atoms with Crippen LogP contribution in [0.2, 0.25) is 0 Å². The first-order valence-corrected chi connectivity index (χ1v) is 27.9. The van der Waals surface area contributed by atoms with Crippen molar-refractivity contribution in [3.8, 4) is 46.4 Å². The first-order chi connectivity index (χ1) is 41.6. The average Bonchev–Trinajstić information content (AvgIpc) is 2.48. The number of ether oxygens (including phenoxy) is 4. The number of piperazine rings is 2. The summed E-state index contributed by atoms with van der Waals surface area (Å²) in [5.41, 5.74) is 4.81. The highest BCUT2D eigenvalue weighted by Crippen LogP contribution is 2.36. The summed E-state index contributed by atoms with van der Waals surface area (Å²) < 4.78 is 79.6. The fourth-order valence-corrected chi connectivity index (χ4v) is 10.7. The van der Waals surface area contributed by atoms with Gasteiger partial charge in [-0.15, -0.1) is 0 Å². The van der Waals surface area contributed by atoms with Crippen molar-refractivity contribution in [2.75, 3.05) is 139 Å². The maximum absolute atomic E-state index is 14.5. The van der Waals surface area contributed by atoms with Crippen LogP contribution >= 0.6 is 0 Å². The van der Waals surface area contributed by atoms with E-state index in [9.17, 15) is 37.7 Å². The molecule has 0 spiro atoms. The largest absolute Gasteiger partial charge is 0.481 e. The number of carbonyl (C=O) groups is 2. The molecule has 12 rings (SSSR count). The molecule has 6 saturated heterocycles. The van der Waals surface area contributed by atoms with Gasteiger partial charge in [-0.2, -0.15) is 20.5 Å². The van der Waals surface area contributed by atoms with Gasteiger partial charge in [-0.1, -0.05) is 0 Å². The number of nitrogens with zero attached hydrogens (tertiary/aromatic N) is 14. The van der Waals surface area contributed by atoms with Crippen LogP contribution in [0.4, 0.5) is 52.2 Å². The third-order valence-corrected chi connectivity index (χ3v) is 15.8. The highest BCUT2D eigenvalue weighted by molar-refractivity contribution is 5.78. The molecule has 4 aromatic carbocycles. The molecule has 8 heterocycles. The molecular weight excluding hydrogens is 1120 g/mol. The van der Waals surface area contributed by atoms with Crippen molar-refractivity contribution in [2.24, 2.45) is 0 Å². The molecular formula is C58H60F4N16O8. The van der Waals surface area contributed by atoms with Crippen LogP contribution < -0.4 is 29.9 Å². The van der Waals surface area contributed by atoms with Gasteiger partial charge in [0, 0.05) is 86.2 Å². The molecule has 28 heteroatoms. The summed E-state index contributed by atoms with van der Waals surface area (Å²) in [7, 11) is 0. The number of hydrogen-bond acceptors (Lipinski definition) is 22. The van der Waals surface area contributed by atoms with E-state index in [0.29, 0.717) is 35.1 Å². The van der Waals surface area contributed by atoms with Gasteiger partial charge in [-0.05, 0) is 84.9 Å². The van der Waals surface area contributed by atoms with Crippen molar-refractivity contribution >= 4 is 46.5 Å². The summed E-state index contributed by atoms with van der Waals surface area (Å²) in [6.07, 6.45) is -0.637. The van der Waals surface area contributed by atoms with Crippen molar-refractivity contribution in [3.05, 3.63) is 109 Å². The quantitative estimate of drug-likeness (QED) is 0.100. The Kier molecular flexibility index (Phi) is 17.6. The highest BCUT2D eigenvalue weighted by atomic mass is 19.3. The van der Waals surface area contributed by atoms with Crippen molar-refractivity contribution < 1.29 is 56.3 Å². The molecule has 2 amide bonds. The molecule has 0 unspecified atom stereocenters. The number of likely N-dealkylation sites (tertiary alicyclic amines) is 2. The third kappa shape index (κ3) is 13.4. The van der Waals surface area contributed by atoms with E-state index in [-0.39, 0.29) is 34.3 Å². The molecule has 0 saturated carbocycles. The number of nitriles is 2. The van der Waals surface area contributed by atoms with Gasteiger partial charge in [0.25, 0.3) is 0 Å². The Balaban J connectivity index is 0.000000179. The van der Waals surface area contributed by atoms with E-state index in [2.05, 4.69) is 84.4 Å². The lowest BCUT2D eigenvalue weighted by atomic mass is 10.1. The van der Waals surface area contributed by atoms with Crippen LogP contribution in [0.1, 0.15) is 11.1 Å². The molecule has 6 fully saturated rings. The number of nitrogens with one attached hydrogen (secondary N) is 2. The predicted molar refractivity (Wildman–Crippen MR) is 302 cm³/mol. The van der Waals surface area contributed by atoms with Crippen molar-refractivity contribution in [1.29, 1.82) is 10.5 Å². The van der Waals surface area contributed by atoms with Gasteiger partial charge < -0.3 is 59.4 Å². The smallest absolute Gasteiger partial charge is 0.302 e. The van der Waals surface area contributed by atoms with Crippen LogP contribution in [0.5, 0.6) is 11.5 Å². The van der Waals surface area contributed by atoms with E-state index in [0.717, 1.165) is 111 Å². The number of alkyl halides is 4. The molecule has 86 heavy (non-hydrogen) atoms. The average molecular weight is 1190 g/mol. The van der Waals surface area contributed by atoms with Crippen LogP contribution in [0.15, 0.2) is 97.6 Å². The van der Waals surface area contributed by atoms with E-state index in [1.54, 1.807) is 12.1 Å². The Bertz CT molecular complexity index is 3240. The molecule has 6 aliphatic rings. The Morgan fingerprint density at radius 3 is 1.29 bits per heavy atom. The number of aliphatic hydroxyl groups is 2. The van der Waals surface area contributed by atoms with Crippen molar-refractivity contribution in [1.82, 2.24) is 49.5 Å². The van der Waals surface area contributed by atoms with Gasteiger partial charge in [-0.3, -0.25) is 19.4 Å². The Morgan fingerprint density at radius 1 is 0.570 bits per heavy atom. The van der Waals surface area contributed by atoms with Crippen LogP contribution in [0, 0.1) is 22.7 Å². The van der Waals surface area contributed by atoms with E-state index < -0.39 is 75.3 Å². The summed E-state index contributed by atoms with van der Waals surface area (Å²) in [4.78, 5) is 60.5. The summed E-state index contributed by atoms with van der Waals surface area (Å²) in [5, 5.41) is 43.8. The second-order valence-corrected chi connectivity index (χ2v) is 21.3. The lowest BCUT2D eigenvalue weighted by Crippen LogP contribution is -2.56. The van der Waals surface area contributed by atoms with E-state index in [4.69, 9.17) is 29.2 Å². The Morgan fingerprint density at radius 2 is 0.953 bits per heavy atom. The zero-order chi connectivity index (χ0) is 60.0. The maximum atomic E-state index is 14.5. The molecule has 0 aliphatic carbocycles. The third-order valence-electron chi connectivity index (χ3n) is 15.8. The Labute approximate surface area is 491 Å². The van der Waals surface area contributed by atoms with Gasteiger partial charge in [0.2, 0.25) is 23.7 Å². The molecule has 0 radical (unpaired) electrons. The molecule has 6 aromatic rings. The molecule has 448 valence electrons. The van der Waals surface area contributed by atoms with E-state index in [1.807, 2.05) is 36.4 Å². The van der Waals surface area contributed by atoms with Gasteiger partial charge in [-0.25, -0.2) is 37.5 Å². The number of hydrogen-bond donors (Lipinski definition) is 4. The standard InChI is InChI=1S/2C29H30F2N8O4/c2*30-29(31)17-39(26(41)14-40)13-25(29)43-24-6-1-19(11-20(24)12-32)27-33-18-34-28(36-27)35-21-2-4-22(5-3-21)37-7-9-38(10-8-37)23-15-42-16-23/h2*1-6,11,18,23,25,40H,7-10,13-17H2,(H,33,34,35,36)/t2*25-/m10/s1. The second kappa shape index (κ2) is 25.8. The minimum atomic E-state index is -3.34. The lowest BCUT2D eigenvalue weighted by Gasteiger charge is -2.43. The summed E-state index contributed by atoms with van der Waals surface area (Å²) >= 11 is 0. The number of benzene rings is 4. The number of rotatable bonds is 16. The molecule has 0 bridgehead atoms. The Hall–Kier alpha value is -8.90. The number of aromatic nitrogens is 6. The van der Waals surface area contributed by atoms with Gasteiger partial charge in [0.05, 0.1) is 75.8 Å². The number of amides is 2. The number of halogens is 4. The van der Waals surface area contributed by atoms with Crippen LogP contribution in [0.25, 0.3) is 22.8 Å².